The van der Waals surface area contributed by atoms with Crippen molar-refractivity contribution in [1.82, 2.24) is 19.4 Å². The molecule has 0 bridgehead atoms. The van der Waals surface area contributed by atoms with E-state index in [2.05, 4.69) is 22.1 Å². The number of hydrogen-bond donors (Lipinski definition) is 1. The number of nitrogens with one attached hydrogen (secondary N) is 1. The molecule has 1 atom stereocenters. The Morgan fingerprint density at radius 3 is 3.00 bits per heavy atom. The van der Waals surface area contributed by atoms with E-state index in [4.69, 9.17) is 0 Å². The number of amides is 2. The second-order valence-electron chi connectivity index (χ2n) is 5.43. The highest BCUT2D eigenvalue weighted by Gasteiger charge is 2.31. The van der Waals surface area contributed by atoms with Crippen LogP contribution >= 0.6 is 11.3 Å². The van der Waals surface area contributed by atoms with Crippen LogP contribution in [0.2, 0.25) is 0 Å². The Morgan fingerprint density at radius 1 is 1.50 bits per heavy atom. The lowest BCUT2D eigenvalue weighted by Crippen LogP contribution is -2.52. The number of nitrogens with zero attached hydrogens (tertiary/aromatic N) is 4. The van der Waals surface area contributed by atoms with Crippen molar-refractivity contribution in [2.75, 3.05) is 31.5 Å². The Balaban J connectivity index is 1.73. The number of carbonyl (C=O) groups excluding carboxylic acids is 1. The van der Waals surface area contributed by atoms with E-state index in [-0.39, 0.29) is 12.1 Å². The van der Waals surface area contributed by atoms with Crippen molar-refractivity contribution >= 4 is 23.1 Å². The molecule has 6 nitrogen and oxygen atoms in total. The maximum absolute atomic E-state index is 12.4. The Morgan fingerprint density at radius 2 is 2.36 bits per heavy atom. The molecule has 2 aromatic rings. The summed E-state index contributed by atoms with van der Waals surface area (Å²) < 4.78 is 2.04. The maximum atomic E-state index is 12.4. The van der Waals surface area contributed by atoms with E-state index < -0.39 is 0 Å². The minimum absolute atomic E-state index is 0.0339. The molecule has 2 amide bonds. The lowest BCUT2D eigenvalue weighted by Gasteiger charge is -2.40. The normalized spacial score (nSPS) is 19.4. The van der Waals surface area contributed by atoms with Crippen molar-refractivity contribution in [3.05, 3.63) is 35.0 Å². The number of imidazole rings is 1. The topological polar surface area (TPSA) is 53.4 Å². The number of rotatable bonds is 3. The quantitative estimate of drug-likeness (QED) is 0.945. The minimum Gasteiger partial charge on any atom is -0.337 e. The number of anilines is 1. The number of urea groups is 1. The third kappa shape index (κ3) is 3.00. The van der Waals surface area contributed by atoms with E-state index >= 15 is 0 Å². The number of carbonyl (C=O) groups is 1. The average molecular weight is 319 g/mol. The Labute approximate surface area is 134 Å². The summed E-state index contributed by atoms with van der Waals surface area (Å²) >= 11 is 1.58. The summed E-state index contributed by atoms with van der Waals surface area (Å²) in [5.41, 5.74) is 0.862. The van der Waals surface area contributed by atoms with E-state index in [1.54, 1.807) is 11.3 Å². The fourth-order valence-electron chi connectivity index (χ4n) is 2.86. The van der Waals surface area contributed by atoms with E-state index in [1.807, 2.05) is 45.7 Å². The van der Waals surface area contributed by atoms with Gasteiger partial charge in [0.15, 0.2) is 0 Å². The van der Waals surface area contributed by atoms with Crippen LogP contribution in [0.1, 0.15) is 18.8 Å². The molecule has 22 heavy (non-hydrogen) atoms. The SMILES string of the molecule is CCN1CCN(C(=O)Nc2ccsc2)CC1c1nccn1C. The van der Waals surface area contributed by atoms with E-state index in [0.29, 0.717) is 6.54 Å². The molecule has 0 aromatic carbocycles. The van der Waals surface area contributed by atoms with Gasteiger partial charge in [-0.05, 0) is 18.0 Å². The average Bonchev–Trinajstić information content (AvgIpc) is 3.18. The molecule has 0 aliphatic carbocycles. The van der Waals surface area contributed by atoms with Crippen molar-refractivity contribution in [3.63, 3.8) is 0 Å². The Kier molecular flexibility index (Phi) is 4.44. The molecule has 3 rings (SSSR count). The first-order valence-corrected chi connectivity index (χ1v) is 8.42. The largest absolute Gasteiger partial charge is 0.337 e. The van der Waals surface area contributed by atoms with Gasteiger partial charge in [0.25, 0.3) is 0 Å². The van der Waals surface area contributed by atoms with Crippen LogP contribution in [-0.4, -0.2) is 51.6 Å². The maximum Gasteiger partial charge on any atom is 0.321 e. The zero-order valence-electron chi connectivity index (χ0n) is 12.9. The first-order chi connectivity index (χ1) is 10.7. The summed E-state index contributed by atoms with van der Waals surface area (Å²) in [5.74, 6) is 1.01. The van der Waals surface area contributed by atoms with Crippen LogP contribution < -0.4 is 5.32 Å². The van der Waals surface area contributed by atoms with Gasteiger partial charge in [-0.25, -0.2) is 9.78 Å². The number of aryl methyl sites for hydroxylation is 1. The first-order valence-electron chi connectivity index (χ1n) is 7.48. The molecule has 1 fully saturated rings. The monoisotopic (exact) mass is 319 g/mol. The number of hydrogen-bond acceptors (Lipinski definition) is 4. The molecule has 3 heterocycles. The zero-order valence-corrected chi connectivity index (χ0v) is 13.7. The smallest absolute Gasteiger partial charge is 0.321 e. The van der Waals surface area contributed by atoms with Crippen molar-refractivity contribution in [2.45, 2.75) is 13.0 Å². The molecular weight excluding hydrogens is 298 g/mol. The lowest BCUT2D eigenvalue weighted by atomic mass is 10.1. The molecule has 1 aliphatic rings. The highest BCUT2D eigenvalue weighted by atomic mass is 32.1. The van der Waals surface area contributed by atoms with E-state index in [1.165, 1.54) is 0 Å². The van der Waals surface area contributed by atoms with Crippen LogP contribution in [0.3, 0.4) is 0 Å². The lowest BCUT2D eigenvalue weighted by molar-refractivity contribution is 0.0927. The van der Waals surface area contributed by atoms with Crippen LogP contribution in [0.5, 0.6) is 0 Å². The molecule has 1 N–H and O–H groups in total. The van der Waals surface area contributed by atoms with Gasteiger partial charge in [0.1, 0.15) is 5.82 Å². The number of thiophene rings is 1. The summed E-state index contributed by atoms with van der Waals surface area (Å²) in [6.45, 7) is 5.37. The van der Waals surface area contributed by atoms with Crippen LogP contribution in [0.15, 0.2) is 29.2 Å². The van der Waals surface area contributed by atoms with Gasteiger partial charge in [0.2, 0.25) is 0 Å². The third-order valence-electron chi connectivity index (χ3n) is 4.11. The Hall–Kier alpha value is -1.86. The molecule has 7 heteroatoms. The Bertz CT molecular complexity index is 624. The summed E-state index contributed by atoms with van der Waals surface area (Å²) in [6, 6.07) is 2.03. The summed E-state index contributed by atoms with van der Waals surface area (Å²) in [7, 11) is 2.00. The van der Waals surface area contributed by atoms with E-state index in [0.717, 1.165) is 31.1 Å². The van der Waals surface area contributed by atoms with Crippen molar-refractivity contribution in [2.24, 2.45) is 7.05 Å². The molecule has 118 valence electrons. The van der Waals surface area contributed by atoms with Crippen LogP contribution in [-0.2, 0) is 7.05 Å². The molecular formula is C15H21N5OS. The van der Waals surface area contributed by atoms with Gasteiger partial charge in [-0.2, -0.15) is 11.3 Å². The van der Waals surface area contributed by atoms with Gasteiger partial charge in [-0.3, -0.25) is 4.90 Å². The predicted molar refractivity (Wildman–Crippen MR) is 88.1 cm³/mol. The molecule has 0 radical (unpaired) electrons. The standard InChI is InChI=1S/C15H21N5OS/c1-3-19-7-8-20(15(21)17-12-4-9-22-11-12)10-13(19)14-16-5-6-18(14)2/h4-6,9,11,13H,3,7-8,10H2,1-2H3,(H,17,21). The molecule has 0 spiro atoms. The van der Waals surface area contributed by atoms with Gasteiger partial charge in [0, 0.05) is 44.5 Å². The highest BCUT2D eigenvalue weighted by Crippen LogP contribution is 2.24. The molecule has 1 unspecified atom stereocenters. The van der Waals surface area contributed by atoms with Crippen molar-refractivity contribution in [1.29, 1.82) is 0 Å². The van der Waals surface area contributed by atoms with Crippen LogP contribution in [0, 0.1) is 0 Å². The highest BCUT2D eigenvalue weighted by molar-refractivity contribution is 7.08. The van der Waals surface area contributed by atoms with E-state index in [9.17, 15) is 4.79 Å². The summed E-state index contributed by atoms with van der Waals surface area (Å²) in [5, 5.41) is 6.86. The molecule has 2 aromatic heterocycles. The fourth-order valence-corrected chi connectivity index (χ4v) is 3.45. The fraction of sp³-hybridized carbons (Fsp3) is 0.467. The van der Waals surface area contributed by atoms with Crippen molar-refractivity contribution < 1.29 is 4.79 Å². The second kappa shape index (κ2) is 6.50. The van der Waals surface area contributed by atoms with Crippen molar-refractivity contribution in [3.8, 4) is 0 Å². The number of aromatic nitrogens is 2. The third-order valence-corrected chi connectivity index (χ3v) is 4.80. The molecule has 1 saturated heterocycles. The van der Waals surface area contributed by atoms with Gasteiger partial charge in [0.05, 0.1) is 11.7 Å². The zero-order chi connectivity index (χ0) is 15.5. The summed E-state index contributed by atoms with van der Waals surface area (Å²) in [4.78, 5) is 21.2. The van der Waals surface area contributed by atoms with Crippen LogP contribution in [0.25, 0.3) is 0 Å². The first kappa shape index (κ1) is 15.1. The van der Waals surface area contributed by atoms with Gasteiger partial charge in [-0.1, -0.05) is 6.92 Å². The summed E-state index contributed by atoms with van der Waals surface area (Å²) in [6.07, 6.45) is 3.76. The second-order valence-corrected chi connectivity index (χ2v) is 6.21. The van der Waals surface area contributed by atoms with Crippen LogP contribution in [0.4, 0.5) is 10.5 Å². The molecule has 1 aliphatic heterocycles. The van der Waals surface area contributed by atoms with Gasteiger partial charge < -0.3 is 14.8 Å². The predicted octanol–water partition coefficient (Wildman–Crippen LogP) is 2.39. The minimum atomic E-state index is -0.0339. The number of piperazine rings is 1. The number of likely N-dealkylation sites (N-methyl/N-ethyl adjacent to an activating group) is 1. The van der Waals surface area contributed by atoms with Gasteiger partial charge >= 0.3 is 6.03 Å². The molecule has 0 saturated carbocycles. The van der Waals surface area contributed by atoms with Gasteiger partial charge in [-0.15, -0.1) is 0 Å².